The Hall–Kier alpha value is -2.83. The quantitative estimate of drug-likeness (QED) is 0.348. The number of allylic oxidation sites excluding steroid dienone is 3. The zero-order valence-corrected chi connectivity index (χ0v) is 13.2. The number of hydrogen-bond acceptors (Lipinski definition) is 4. The first-order valence-electron chi connectivity index (χ1n) is 7.24. The maximum atomic E-state index is 12.6. The molecule has 0 saturated carbocycles. The first kappa shape index (κ1) is 16.5. The first-order chi connectivity index (χ1) is 11.1. The summed E-state index contributed by atoms with van der Waals surface area (Å²) in [5, 5.41) is 2.69. The molecule has 2 rings (SSSR count). The second-order valence-corrected chi connectivity index (χ2v) is 4.95. The number of ether oxygens (including phenoxy) is 1. The molecule has 1 atom stereocenters. The van der Waals surface area contributed by atoms with Crippen molar-refractivity contribution < 1.29 is 14.3 Å². The summed E-state index contributed by atoms with van der Waals surface area (Å²) >= 11 is 0. The van der Waals surface area contributed by atoms with Crippen molar-refractivity contribution in [3.05, 3.63) is 54.5 Å². The van der Waals surface area contributed by atoms with Gasteiger partial charge in [-0.15, -0.1) is 0 Å². The van der Waals surface area contributed by atoms with Crippen LogP contribution in [0.15, 0.2) is 48.8 Å². The third-order valence-electron chi connectivity index (χ3n) is 3.50. The van der Waals surface area contributed by atoms with Crippen molar-refractivity contribution in [3.63, 3.8) is 0 Å². The Morgan fingerprint density at radius 2 is 2.30 bits per heavy atom. The summed E-state index contributed by atoms with van der Waals surface area (Å²) in [5.41, 5.74) is 1.25. The van der Waals surface area contributed by atoms with E-state index in [2.05, 4.69) is 21.9 Å². The smallest absolute Gasteiger partial charge is 0.329 e. The molecule has 1 unspecified atom stereocenters. The van der Waals surface area contributed by atoms with Crippen LogP contribution in [0.1, 0.15) is 19.0 Å². The number of nitrogens with zero attached hydrogens (tertiary/aromatic N) is 2. The number of rotatable bonds is 7. The summed E-state index contributed by atoms with van der Waals surface area (Å²) in [6.07, 6.45) is 9.09. The second-order valence-electron chi connectivity index (χ2n) is 4.95. The molecule has 0 aromatic carbocycles. The zero-order valence-electron chi connectivity index (χ0n) is 13.2. The van der Waals surface area contributed by atoms with Crippen molar-refractivity contribution in [2.45, 2.75) is 25.8 Å². The van der Waals surface area contributed by atoms with E-state index in [0.29, 0.717) is 24.3 Å². The SMILES string of the molecule is C=C/C(OC)=C(\C/C=C\C)N1C(=O)NC(Cc2cnc[nH]2)C1=O. The van der Waals surface area contributed by atoms with Crippen LogP contribution in [0.5, 0.6) is 0 Å². The van der Waals surface area contributed by atoms with Crippen LogP contribution in [0.3, 0.4) is 0 Å². The Labute approximate surface area is 134 Å². The van der Waals surface area contributed by atoms with Gasteiger partial charge >= 0.3 is 6.03 Å². The van der Waals surface area contributed by atoms with E-state index in [1.807, 2.05) is 19.1 Å². The van der Waals surface area contributed by atoms with Crippen molar-refractivity contribution >= 4 is 11.9 Å². The van der Waals surface area contributed by atoms with Crippen molar-refractivity contribution in [2.75, 3.05) is 7.11 Å². The second kappa shape index (κ2) is 7.44. The zero-order chi connectivity index (χ0) is 16.8. The minimum Gasteiger partial charge on any atom is -0.495 e. The molecule has 1 aliphatic heterocycles. The van der Waals surface area contributed by atoms with Crippen LogP contribution >= 0.6 is 0 Å². The van der Waals surface area contributed by atoms with Gasteiger partial charge in [0.25, 0.3) is 5.91 Å². The van der Waals surface area contributed by atoms with Crippen LogP contribution < -0.4 is 5.32 Å². The summed E-state index contributed by atoms with van der Waals surface area (Å²) in [6, 6.07) is -1.10. The number of aromatic amines is 1. The Morgan fingerprint density at radius 3 is 2.87 bits per heavy atom. The van der Waals surface area contributed by atoms with Gasteiger partial charge in [0, 0.05) is 24.7 Å². The Balaban J connectivity index is 2.28. The number of methoxy groups -OCH3 is 1. The number of H-pyrrole nitrogens is 1. The fraction of sp³-hybridized carbons (Fsp3) is 0.312. The van der Waals surface area contributed by atoms with Crippen LogP contribution in [0.4, 0.5) is 4.79 Å². The van der Waals surface area contributed by atoms with Gasteiger partial charge in [0.2, 0.25) is 0 Å². The largest absolute Gasteiger partial charge is 0.495 e. The van der Waals surface area contributed by atoms with E-state index in [0.717, 1.165) is 10.6 Å². The molecule has 0 aliphatic carbocycles. The van der Waals surface area contributed by atoms with Gasteiger partial charge in [0.1, 0.15) is 11.8 Å². The fourth-order valence-electron chi connectivity index (χ4n) is 2.39. The third kappa shape index (κ3) is 3.50. The summed E-state index contributed by atoms with van der Waals surface area (Å²) in [4.78, 5) is 32.9. The van der Waals surface area contributed by atoms with Crippen LogP contribution in [0.2, 0.25) is 0 Å². The van der Waals surface area contributed by atoms with Gasteiger partial charge in [-0.05, 0) is 13.0 Å². The van der Waals surface area contributed by atoms with E-state index in [1.165, 1.54) is 19.5 Å². The molecule has 2 N–H and O–H groups in total. The molecule has 122 valence electrons. The summed E-state index contributed by atoms with van der Waals surface area (Å²) in [5.74, 6) is 0.0780. The highest BCUT2D eigenvalue weighted by molar-refractivity contribution is 6.06. The van der Waals surface area contributed by atoms with Crippen molar-refractivity contribution in [3.8, 4) is 0 Å². The molecule has 1 fully saturated rings. The topological polar surface area (TPSA) is 87.3 Å². The van der Waals surface area contributed by atoms with E-state index in [-0.39, 0.29) is 5.91 Å². The molecule has 1 aliphatic rings. The minimum absolute atomic E-state index is 0.319. The number of carbonyl (C=O) groups excluding carboxylic acids is 2. The normalized spacial score (nSPS) is 19.0. The average molecular weight is 316 g/mol. The molecular formula is C16H20N4O3. The van der Waals surface area contributed by atoms with Crippen LogP contribution in [0.25, 0.3) is 0 Å². The highest BCUT2D eigenvalue weighted by Crippen LogP contribution is 2.23. The van der Waals surface area contributed by atoms with Gasteiger partial charge in [-0.25, -0.2) is 14.7 Å². The Morgan fingerprint density at radius 1 is 1.52 bits per heavy atom. The monoisotopic (exact) mass is 316 g/mol. The predicted octanol–water partition coefficient (Wildman–Crippen LogP) is 1.88. The molecule has 23 heavy (non-hydrogen) atoms. The molecule has 7 nitrogen and oxygen atoms in total. The maximum Gasteiger partial charge on any atom is 0.329 e. The number of amides is 3. The van der Waals surface area contributed by atoms with Crippen LogP contribution in [-0.4, -0.2) is 40.0 Å². The lowest BCUT2D eigenvalue weighted by atomic mass is 10.1. The molecule has 0 radical (unpaired) electrons. The van der Waals surface area contributed by atoms with E-state index in [1.54, 1.807) is 6.20 Å². The van der Waals surface area contributed by atoms with E-state index >= 15 is 0 Å². The maximum absolute atomic E-state index is 12.6. The molecule has 1 aromatic rings. The van der Waals surface area contributed by atoms with Crippen LogP contribution in [-0.2, 0) is 16.0 Å². The summed E-state index contributed by atoms with van der Waals surface area (Å²) < 4.78 is 5.25. The standard InChI is InChI=1S/C16H20N4O3/c1-4-6-7-13(14(5-2)23-3)20-15(21)12(19-16(20)22)8-11-9-17-10-18-11/h4-6,9-10,12H,2,7-8H2,1,3H3,(H,17,18)(H,19,22)/b6-4-,14-13-. The summed E-state index contributed by atoms with van der Waals surface area (Å²) in [7, 11) is 1.48. The number of aromatic nitrogens is 2. The van der Waals surface area contributed by atoms with Gasteiger partial charge < -0.3 is 15.0 Å². The molecule has 0 bridgehead atoms. The first-order valence-corrected chi connectivity index (χ1v) is 7.24. The summed E-state index contributed by atoms with van der Waals surface area (Å²) in [6.45, 7) is 5.54. The van der Waals surface area contributed by atoms with Gasteiger partial charge in [-0.2, -0.15) is 0 Å². The molecule has 7 heteroatoms. The van der Waals surface area contributed by atoms with Crippen molar-refractivity contribution in [1.29, 1.82) is 0 Å². The Bertz CT molecular complexity index is 646. The van der Waals surface area contributed by atoms with Gasteiger partial charge in [-0.3, -0.25) is 4.79 Å². The van der Waals surface area contributed by atoms with Crippen molar-refractivity contribution in [1.82, 2.24) is 20.2 Å². The molecule has 1 saturated heterocycles. The number of hydrogen-bond donors (Lipinski definition) is 2. The molecule has 1 aromatic heterocycles. The molecule has 0 spiro atoms. The average Bonchev–Trinajstić information content (AvgIpc) is 3.14. The number of imidazole rings is 1. The highest BCUT2D eigenvalue weighted by atomic mass is 16.5. The van der Waals surface area contributed by atoms with Gasteiger partial charge in [0.05, 0.1) is 19.1 Å². The lowest BCUT2D eigenvalue weighted by Crippen LogP contribution is -2.32. The van der Waals surface area contributed by atoms with Crippen molar-refractivity contribution in [2.24, 2.45) is 0 Å². The number of imide groups is 1. The number of urea groups is 1. The van der Waals surface area contributed by atoms with Crippen LogP contribution in [0, 0.1) is 0 Å². The molecule has 2 heterocycles. The van der Waals surface area contributed by atoms with E-state index in [4.69, 9.17) is 4.74 Å². The molecule has 3 amide bonds. The predicted molar refractivity (Wildman–Crippen MR) is 85.1 cm³/mol. The number of nitrogens with one attached hydrogen (secondary N) is 2. The molecular weight excluding hydrogens is 296 g/mol. The lowest BCUT2D eigenvalue weighted by molar-refractivity contribution is -0.126. The fourth-order valence-corrected chi connectivity index (χ4v) is 2.39. The van der Waals surface area contributed by atoms with E-state index < -0.39 is 12.1 Å². The minimum atomic E-state index is -0.633. The lowest BCUT2D eigenvalue weighted by Gasteiger charge is -2.18. The van der Waals surface area contributed by atoms with Gasteiger partial charge in [0.15, 0.2) is 0 Å². The number of carbonyl (C=O) groups is 2. The van der Waals surface area contributed by atoms with Gasteiger partial charge in [-0.1, -0.05) is 18.7 Å². The Kier molecular flexibility index (Phi) is 5.35. The highest BCUT2D eigenvalue weighted by Gasteiger charge is 2.40. The van der Waals surface area contributed by atoms with E-state index in [9.17, 15) is 9.59 Å². The third-order valence-corrected chi connectivity index (χ3v) is 3.50.